The summed E-state index contributed by atoms with van der Waals surface area (Å²) in [6, 6.07) is 13.0. The zero-order valence-corrected chi connectivity index (χ0v) is 15.8. The third-order valence-electron chi connectivity index (χ3n) is 4.75. The molecule has 4 rings (SSSR count). The molecule has 144 valence electrons. The van der Waals surface area contributed by atoms with Crippen molar-refractivity contribution in [2.24, 2.45) is 0 Å². The van der Waals surface area contributed by atoms with Crippen molar-refractivity contribution in [3.8, 4) is 17.2 Å². The summed E-state index contributed by atoms with van der Waals surface area (Å²) in [4.78, 5) is 11.1. The van der Waals surface area contributed by atoms with E-state index >= 15 is 0 Å². The number of ether oxygens (including phenoxy) is 2. The monoisotopic (exact) mass is 378 g/mol. The number of benzene rings is 2. The number of anilines is 4. The van der Waals surface area contributed by atoms with Crippen LogP contribution in [-0.2, 0) is 6.42 Å². The molecular weight excluding hydrogens is 356 g/mol. The summed E-state index contributed by atoms with van der Waals surface area (Å²) in [6.07, 6.45) is 3.53. The maximum atomic E-state index is 10.2. The first kappa shape index (κ1) is 17.9. The molecule has 0 aliphatic carbocycles. The fraction of sp³-hybridized carbons (Fsp3) is 0.238. The van der Waals surface area contributed by atoms with Gasteiger partial charge in [0, 0.05) is 47.9 Å². The Balaban J connectivity index is 1.64. The Bertz CT molecular complexity index is 971. The Kier molecular flexibility index (Phi) is 4.89. The highest BCUT2D eigenvalue weighted by molar-refractivity contribution is 5.69. The van der Waals surface area contributed by atoms with Gasteiger partial charge in [0.15, 0.2) is 0 Å². The number of nitrogens with one attached hydrogen (secondary N) is 1. The van der Waals surface area contributed by atoms with Crippen LogP contribution in [0.3, 0.4) is 0 Å². The first-order valence-corrected chi connectivity index (χ1v) is 9.09. The highest BCUT2D eigenvalue weighted by atomic mass is 16.5. The summed E-state index contributed by atoms with van der Waals surface area (Å²) >= 11 is 0. The van der Waals surface area contributed by atoms with Crippen molar-refractivity contribution in [2.45, 2.75) is 12.8 Å². The number of phenols is 1. The Labute approximate surface area is 163 Å². The van der Waals surface area contributed by atoms with Crippen molar-refractivity contribution in [1.29, 1.82) is 0 Å². The van der Waals surface area contributed by atoms with Crippen molar-refractivity contribution in [1.82, 2.24) is 9.97 Å². The van der Waals surface area contributed by atoms with Gasteiger partial charge in [0.25, 0.3) is 0 Å². The van der Waals surface area contributed by atoms with E-state index in [1.165, 1.54) is 0 Å². The molecule has 1 aliphatic heterocycles. The minimum atomic E-state index is 0.332. The van der Waals surface area contributed by atoms with Crippen molar-refractivity contribution in [3.63, 3.8) is 0 Å². The summed E-state index contributed by atoms with van der Waals surface area (Å²) in [5, 5.41) is 13.4. The number of rotatable bonds is 5. The van der Waals surface area contributed by atoms with E-state index in [-0.39, 0.29) is 0 Å². The van der Waals surface area contributed by atoms with Crippen LogP contribution < -0.4 is 19.7 Å². The third kappa shape index (κ3) is 3.51. The van der Waals surface area contributed by atoms with Gasteiger partial charge in [-0.05, 0) is 31.0 Å². The van der Waals surface area contributed by atoms with E-state index in [2.05, 4.69) is 20.2 Å². The van der Waals surface area contributed by atoms with Gasteiger partial charge in [0.1, 0.15) is 23.1 Å². The van der Waals surface area contributed by atoms with Gasteiger partial charge in [-0.3, -0.25) is 0 Å². The van der Waals surface area contributed by atoms with Crippen LogP contribution in [0.2, 0.25) is 0 Å². The quantitative estimate of drug-likeness (QED) is 0.694. The fourth-order valence-corrected chi connectivity index (χ4v) is 3.41. The number of hydrogen-bond donors (Lipinski definition) is 2. The molecule has 0 spiro atoms. The summed E-state index contributed by atoms with van der Waals surface area (Å²) < 4.78 is 10.6. The van der Waals surface area contributed by atoms with Crippen molar-refractivity contribution >= 4 is 23.1 Å². The lowest BCUT2D eigenvalue weighted by molar-refractivity contribution is 0.395. The van der Waals surface area contributed by atoms with E-state index in [9.17, 15) is 5.11 Å². The maximum Gasteiger partial charge on any atom is 0.229 e. The van der Waals surface area contributed by atoms with E-state index in [4.69, 9.17) is 9.47 Å². The van der Waals surface area contributed by atoms with E-state index in [0.717, 1.165) is 42.1 Å². The number of nitrogens with zero attached hydrogens (tertiary/aromatic N) is 3. The molecule has 0 bridgehead atoms. The molecule has 0 amide bonds. The van der Waals surface area contributed by atoms with Crippen molar-refractivity contribution < 1.29 is 14.6 Å². The minimum absolute atomic E-state index is 0.332. The van der Waals surface area contributed by atoms with E-state index in [1.54, 1.807) is 32.5 Å². The van der Waals surface area contributed by atoms with E-state index < -0.39 is 0 Å². The zero-order valence-electron chi connectivity index (χ0n) is 15.8. The van der Waals surface area contributed by atoms with Crippen LogP contribution in [0.4, 0.5) is 23.1 Å². The van der Waals surface area contributed by atoms with Crippen LogP contribution in [0.25, 0.3) is 0 Å². The Morgan fingerprint density at radius 2 is 1.86 bits per heavy atom. The van der Waals surface area contributed by atoms with Gasteiger partial charge in [-0.2, -0.15) is 4.98 Å². The van der Waals surface area contributed by atoms with Crippen LogP contribution >= 0.6 is 0 Å². The third-order valence-corrected chi connectivity index (χ3v) is 4.75. The van der Waals surface area contributed by atoms with Gasteiger partial charge in [-0.25, -0.2) is 4.98 Å². The molecule has 28 heavy (non-hydrogen) atoms. The molecule has 2 heterocycles. The molecule has 0 saturated carbocycles. The van der Waals surface area contributed by atoms with Crippen LogP contribution in [0.5, 0.6) is 17.2 Å². The summed E-state index contributed by atoms with van der Waals surface area (Å²) in [7, 11) is 3.22. The van der Waals surface area contributed by atoms with Crippen LogP contribution in [0.1, 0.15) is 12.0 Å². The molecule has 0 atom stereocenters. The number of hydrogen-bond acceptors (Lipinski definition) is 7. The normalized spacial score (nSPS) is 13.0. The second kappa shape index (κ2) is 7.64. The van der Waals surface area contributed by atoms with Crippen molar-refractivity contribution in [3.05, 3.63) is 54.2 Å². The number of fused-ring (bicyclic) bond motifs is 1. The number of aromatic nitrogens is 2. The molecule has 2 N–H and O–H groups in total. The predicted molar refractivity (Wildman–Crippen MR) is 108 cm³/mol. The molecule has 0 radical (unpaired) electrons. The first-order chi connectivity index (χ1) is 13.7. The predicted octanol–water partition coefficient (Wildman–Crippen LogP) is 4.03. The van der Waals surface area contributed by atoms with Gasteiger partial charge in [0.2, 0.25) is 5.95 Å². The molecule has 7 nitrogen and oxygen atoms in total. The van der Waals surface area contributed by atoms with Crippen LogP contribution in [0, 0.1) is 0 Å². The maximum absolute atomic E-state index is 10.2. The van der Waals surface area contributed by atoms with Crippen molar-refractivity contribution in [2.75, 3.05) is 31.0 Å². The first-order valence-electron chi connectivity index (χ1n) is 9.09. The number of phenolic OH excluding ortho intramolecular Hbond substituents is 1. The molecule has 1 aromatic heterocycles. The molecular formula is C21H22N4O3. The highest BCUT2D eigenvalue weighted by Gasteiger charge is 2.21. The van der Waals surface area contributed by atoms with Gasteiger partial charge in [0.05, 0.1) is 14.2 Å². The van der Waals surface area contributed by atoms with Crippen LogP contribution in [0.15, 0.2) is 48.7 Å². The SMILES string of the molecule is COc1cc(Nc2nccc(N3CCCc4c(O)cccc43)n2)cc(OC)c1. The number of methoxy groups -OCH3 is 2. The summed E-state index contributed by atoms with van der Waals surface area (Å²) in [5.74, 6) is 2.94. The number of aromatic hydroxyl groups is 1. The Morgan fingerprint density at radius 1 is 1.07 bits per heavy atom. The smallest absolute Gasteiger partial charge is 0.229 e. The van der Waals surface area contributed by atoms with E-state index in [1.807, 2.05) is 30.3 Å². The van der Waals surface area contributed by atoms with Gasteiger partial charge < -0.3 is 24.8 Å². The topological polar surface area (TPSA) is 79.7 Å². The van der Waals surface area contributed by atoms with Gasteiger partial charge >= 0.3 is 0 Å². The lowest BCUT2D eigenvalue weighted by Crippen LogP contribution is -2.25. The standard InChI is InChI=1S/C21H22N4O3/c1-27-15-11-14(12-16(13-15)28-2)23-21-22-9-8-20(24-21)25-10-4-5-17-18(25)6-3-7-19(17)26/h3,6-9,11-13,26H,4-5,10H2,1-2H3,(H,22,23,24). The molecule has 2 aromatic carbocycles. The lowest BCUT2D eigenvalue weighted by Gasteiger charge is -2.30. The highest BCUT2D eigenvalue weighted by Crippen LogP contribution is 2.37. The second-order valence-electron chi connectivity index (χ2n) is 6.49. The molecule has 0 saturated heterocycles. The van der Waals surface area contributed by atoms with Gasteiger partial charge in [-0.1, -0.05) is 6.07 Å². The fourth-order valence-electron chi connectivity index (χ4n) is 3.41. The zero-order chi connectivity index (χ0) is 19.5. The molecule has 0 unspecified atom stereocenters. The Hall–Kier alpha value is -3.48. The Morgan fingerprint density at radius 3 is 2.61 bits per heavy atom. The molecule has 0 fully saturated rings. The summed E-state index contributed by atoms with van der Waals surface area (Å²) in [6.45, 7) is 0.833. The molecule has 7 heteroatoms. The average molecular weight is 378 g/mol. The average Bonchev–Trinajstić information content (AvgIpc) is 2.73. The minimum Gasteiger partial charge on any atom is -0.508 e. The summed E-state index contributed by atoms with van der Waals surface area (Å²) in [5.41, 5.74) is 2.71. The molecule has 1 aliphatic rings. The molecule has 3 aromatic rings. The van der Waals surface area contributed by atoms with E-state index in [0.29, 0.717) is 23.2 Å². The lowest BCUT2D eigenvalue weighted by atomic mass is 10.0. The largest absolute Gasteiger partial charge is 0.508 e. The van der Waals surface area contributed by atoms with Crippen LogP contribution in [-0.4, -0.2) is 35.8 Å². The second-order valence-corrected chi connectivity index (χ2v) is 6.49. The van der Waals surface area contributed by atoms with Gasteiger partial charge in [-0.15, -0.1) is 0 Å².